The van der Waals surface area contributed by atoms with Gasteiger partial charge in [-0.25, -0.2) is 0 Å². The number of benzene rings is 3. The van der Waals surface area contributed by atoms with E-state index in [0.717, 1.165) is 39.5 Å². The molecule has 3 aliphatic rings. The number of hydrogen-bond acceptors (Lipinski definition) is 5. The van der Waals surface area contributed by atoms with Crippen molar-refractivity contribution in [1.82, 2.24) is 0 Å². The second-order valence-electron chi connectivity index (χ2n) is 6.55. The lowest BCUT2D eigenvalue weighted by Gasteiger charge is -2.26. The SMILES string of the molecule is Cc1cc2c(c3c1-c1ccc4cc5c(cc4c1NC3)OCO5)OCO2. The van der Waals surface area contributed by atoms with Crippen molar-refractivity contribution < 1.29 is 18.9 Å². The number of ether oxygens (including phenoxy) is 4. The van der Waals surface area contributed by atoms with E-state index in [9.17, 15) is 0 Å². The minimum atomic E-state index is 0.284. The fraction of sp³-hybridized carbons (Fsp3) is 0.200. The molecule has 0 spiro atoms. The lowest BCUT2D eigenvalue weighted by molar-refractivity contribution is 0.173. The average Bonchev–Trinajstić information content (AvgIpc) is 3.27. The summed E-state index contributed by atoms with van der Waals surface area (Å²) >= 11 is 0. The van der Waals surface area contributed by atoms with Gasteiger partial charge in [-0.3, -0.25) is 0 Å². The van der Waals surface area contributed by atoms with Gasteiger partial charge in [-0.05, 0) is 41.6 Å². The molecular weight excluding hydrogens is 318 g/mol. The van der Waals surface area contributed by atoms with E-state index in [1.165, 1.54) is 22.3 Å². The first-order chi connectivity index (χ1) is 12.3. The molecule has 0 fully saturated rings. The van der Waals surface area contributed by atoms with E-state index in [-0.39, 0.29) is 6.79 Å². The summed E-state index contributed by atoms with van der Waals surface area (Å²) in [5.41, 5.74) is 5.91. The average molecular weight is 333 g/mol. The third-order valence-electron chi connectivity index (χ3n) is 5.18. The summed E-state index contributed by atoms with van der Waals surface area (Å²) in [7, 11) is 0. The summed E-state index contributed by atoms with van der Waals surface area (Å²) in [4.78, 5) is 0. The normalized spacial score (nSPS) is 15.7. The Balaban J connectivity index is 1.65. The van der Waals surface area contributed by atoms with Gasteiger partial charge in [0, 0.05) is 23.1 Å². The van der Waals surface area contributed by atoms with Gasteiger partial charge in [0.25, 0.3) is 0 Å². The molecule has 0 amide bonds. The molecule has 3 heterocycles. The number of rotatable bonds is 0. The summed E-state index contributed by atoms with van der Waals surface area (Å²) in [6, 6.07) is 10.5. The molecule has 3 aromatic carbocycles. The number of aryl methyl sites for hydroxylation is 1. The number of anilines is 1. The third-order valence-corrected chi connectivity index (χ3v) is 5.18. The second-order valence-corrected chi connectivity index (χ2v) is 6.55. The molecule has 0 saturated heterocycles. The van der Waals surface area contributed by atoms with Gasteiger partial charge in [-0.2, -0.15) is 0 Å². The van der Waals surface area contributed by atoms with Crippen LogP contribution in [0.15, 0.2) is 30.3 Å². The monoisotopic (exact) mass is 333 g/mol. The largest absolute Gasteiger partial charge is 0.454 e. The van der Waals surface area contributed by atoms with Gasteiger partial charge in [-0.15, -0.1) is 0 Å². The van der Waals surface area contributed by atoms with E-state index in [1.54, 1.807) is 0 Å². The Labute approximate surface area is 144 Å². The highest BCUT2D eigenvalue weighted by atomic mass is 16.7. The quantitative estimate of drug-likeness (QED) is 0.668. The number of hydrogen-bond donors (Lipinski definition) is 1. The molecule has 0 bridgehead atoms. The molecule has 124 valence electrons. The lowest BCUT2D eigenvalue weighted by atomic mass is 9.88. The summed E-state index contributed by atoms with van der Waals surface area (Å²) in [6.07, 6.45) is 0. The molecule has 6 rings (SSSR count). The van der Waals surface area contributed by atoms with Crippen LogP contribution in [0.5, 0.6) is 23.0 Å². The van der Waals surface area contributed by atoms with Crippen molar-refractivity contribution in [2.45, 2.75) is 13.5 Å². The van der Waals surface area contributed by atoms with Crippen molar-refractivity contribution in [3.05, 3.63) is 41.5 Å². The topological polar surface area (TPSA) is 49.0 Å². The van der Waals surface area contributed by atoms with Gasteiger partial charge in [0.1, 0.15) is 0 Å². The minimum Gasteiger partial charge on any atom is -0.454 e. The van der Waals surface area contributed by atoms with Gasteiger partial charge in [0.2, 0.25) is 13.6 Å². The van der Waals surface area contributed by atoms with Crippen LogP contribution in [0.2, 0.25) is 0 Å². The molecular formula is C20H15NO4. The van der Waals surface area contributed by atoms with Crippen LogP contribution in [0.4, 0.5) is 5.69 Å². The first-order valence-corrected chi connectivity index (χ1v) is 8.32. The highest BCUT2D eigenvalue weighted by molar-refractivity contribution is 6.05. The van der Waals surface area contributed by atoms with Gasteiger partial charge in [0.05, 0.1) is 5.69 Å². The Hall–Kier alpha value is -3.08. The Bertz CT molecular complexity index is 1070. The van der Waals surface area contributed by atoms with E-state index in [1.807, 2.05) is 6.07 Å². The second kappa shape index (κ2) is 4.51. The highest BCUT2D eigenvalue weighted by Gasteiger charge is 2.28. The summed E-state index contributed by atoms with van der Waals surface area (Å²) in [6.45, 7) is 3.41. The Kier molecular flexibility index (Phi) is 2.39. The first kappa shape index (κ1) is 13.2. The molecule has 3 aliphatic heterocycles. The van der Waals surface area contributed by atoms with Gasteiger partial charge in [0.15, 0.2) is 23.0 Å². The van der Waals surface area contributed by atoms with Gasteiger partial charge >= 0.3 is 0 Å². The van der Waals surface area contributed by atoms with Crippen LogP contribution in [0.3, 0.4) is 0 Å². The molecule has 0 aliphatic carbocycles. The molecule has 0 atom stereocenters. The smallest absolute Gasteiger partial charge is 0.231 e. The first-order valence-electron chi connectivity index (χ1n) is 8.32. The zero-order valence-corrected chi connectivity index (χ0v) is 13.6. The molecule has 0 saturated carbocycles. The van der Waals surface area contributed by atoms with E-state index >= 15 is 0 Å². The van der Waals surface area contributed by atoms with Crippen LogP contribution >= 0.6 is 0 Å². The maximum absolute atomic E-state index is 5.72. The van der Waals surface area contributed by atoms with Crippen LogP contribution in [0.25, 0.3) is 21.9 Å². The highest BCUT2D eigenvalue weighted by Crippen LogP contribution is 2.50. The minimum absolute atomic E-state index is 0.284. The molecule has 0 radical (unpaired) electrons. The van der Waals surface area contributed by atoms with Crippen LogP contribution in [0, 0.1) is 6.92 Å². The molecule has 0 aromatic heterocycles. The summed E-state index contributed by atoms with van der Waals surface area (Å²) in [5, 5.41) is 5.86. The maximum Gasteiger partial charge on any atom is 0.231 e. The Morgan fingerprint density at radius 1 is 0.880 bits per heavy atom. The molecule has 0 unspecified atom stereocenters. The predicted octanol–water partition coefficient (Wildman–Crippen LogP) is 4.20. The Morgan fingerprint density at radius 2 is 1.68 bits per heavy atom. The van der Waals surface area contributed by atoms with Crippen LogP contribution in [-0.4, -0.2) is 13.6 Å². The molecule has 5 nitrogen and oxygen atoms in total. The Morgan fingerprint density at radius 3 is 2.60 bits per heavy atom. The standard InChI is InChI=1S/C20H15NO4/c1-10-4-17-20(25-9-24-17)14-7-21-19-12(18(10)14)3-2-11-5-15-16(6-13(11)19)23-8-22-15/h2-6,21H,7-9H2,1H3. The summed E-state index contributed by atoms with van der Waals surface area (Å²) in [5.74, 6) is 3.31. The molecule has 25 heavy (non-hydrogen) atoms. The third kappa shape index (κ3) is 1.67. The maximum atomic E-state index is 5.72. The van der Waals surface area contributed by atoms with E-state index < -0.39 is 0 Å². The predicted molar refractivity (Wildman–Crippen MR) is 93.7 cm³/mol. The van der Waals surface area contributed by atoms with Crippen molar-refractivity contribution in [2.24, 2.45) is 0 Å². The molecule has 1 N–H and O–H groups in total. The number of nitrogens with one attached hydrogen (secondary N) is 1. The van der Waals surface area contributed by atoms with Crippen molar-refractivity contribution in [3.63, 3.8) is 0 Å². The van der Waals surface area contributed by atoms with Crippen molar-refractivity contribution in [2.75, 3.05) is 18.9 Å². The van der Waals surface area contributed by atoms with Crippen molar-refractivity contribution in [3.8, 4) is 34.1 Å². The van der Waals surface area contributed by atoms with Crippen molar-refractivity contribution >= 4 is 16.5 Å². The fourth-order valence-electron chi connectivity index (χ4n) is 4.08. The zero-order chi connectivity index (χ0) is 16.5. The number of fused-ring (bicyclic) bond motifs is 8. The van der Waals surface area contributed by atoms with E-state index in [2.05, 4.69) is 36.5 Å². The van der Waals surface area contributed by atoms with Crippen LogP contribution < -0.4 is 24.3 Å². The molecule has 3 aromatic rings. The van der Waals surface area contributed by atoms with Crippen LogP contribution in [0.1, 0.15) is 11.1 Å². The summed E-state index contributed by atoms with van der Waals surface area (Å²) < 4.78 is 22.4. The molecule has 5 heteroatoms. The van der Waals surface area contributed by atoms with E-state index in [0.29, 0.717) is 13.3 Å². The lowest BCUT2D eigenvalue weighted by Crippen LogP contribution is -2.11. The van der Waals surface area contributed by atoms with Gasteiger partial charge < -0.3 is 24.3 Å². The fourth-order valence-corrected chi connectivity index (χ4v) is 4.08. The van der Waals surface area contributed by atoms with Crippen LogP contribution in [-0.2, 0) is 6.54 Å². The van der Waals surface area contributed by atoms with Gasteiger partial charge in [-0.1, -0.05) is 12.1 Å². The zero-order valence-electron chi connectivity index (χ0n) is 13.6. The van der Waals surface area contributed by atoms with Crippen molar-refractivity contribution in [1.29, 1.82) is 0 Å². The van der Waals surface area contributed by atoms with E-state index in [4.69, 9.17) is 18.9 Å².